The summed E-state index contributed by atoms with van der Waals surface area (Å²) in [5, 5.41) is 4.23. The Morgan fingerprint density at radius 2 is 1.97 bits per heavy atom. The van der Waals surface area contributed by atoms with Crippen LogP contribution >= 0.6 is 7.82 Å². The Kier molecular flexibility index (Phi) is 6.28. The van der Waals surface area contributed by atoms with Gasteiger partial charge in [0.25, 0.3) is 0 Å². The summed E-state index contributed by atoms with van der Waals surface area (Å²) >= 11 is 0. The minimum atomic E-state index is -4.05. The number of phosphoric acid groups is 1. The van der Waals surface area contributed by atoms with Crippen LogP contribution in [-0.2, 0) is 23.2 Å². The van der Waals surface area contributed by atoms with E-state index in [0.29, 0.717) is 35.9 Å². The lowest BCUT2D eigenvalue weighted by molar-refractivity contribution is -0.117. The van der Waals surface area contributed by atoms with Crippen molar-refractivity contribution in [3.63, 3.8) is 0 Å². The average molecular weight is 454 g/mol. The third kappa shape index (κ3) is 4.07. The van der Waals surface area contributed by atoms with Crippen LogP contribution < -0.4 is 0 Å². The predicted octanol–water partition coefficient (Wildman–Crippen LogP) is 5.25. The van der Waals surface area contributed by atoms with E-state index in [2.05, 4.69) is 23.5 Å². The van der Waals surface area contributed by atoms with Gasteiger partial charge in [0, 0.05) is 19.4 Å². The van der Waals surface area contributed by atoms with Gasteiger partial charge in [-0.05, 0) is 86.5 Å². The first-order valence-electron chi connectivity index (χ1n) is 11.5. The van der Waals surface area contributed by atoms with E-state index in [0.717, 1.165) is 32.1 Å². The van der Waals surface area contributed by atoms with Gasteiger partial charge in [0.1, 0.15) is 0 Å². The quantitative estimate of drug-likeness (QED) is 0.194. The summed E-state index contributed by atoms with van der Waals surface area (Å²) in [7, 11) is -2.94. The number of fused-ring (bicyclic) bond motifs is 5. The van der Waals surface area contributed by atoms with Gasteiger partial charge in [-0.2, -0.15) is 0 Å². The highest BCUT2D eigenvalue weighted by Gasteiger charge is 2.59. The molecule has 174 valence electrons. The molecule has 0 aliphatic heterocycles. The van der Waals surface area contributed by atoms with Gasteiger partial charge < -0.3 is 9.73 Å². The minimum absolute atomic E-state index is 0.194. The van der Waals surface area contributed by atoms with Gasteiger partial charge in [0.05, 0.1) is 5.71 Å². The second kappa shape index (κ2) is 8.40. The number of phosphoric ester groups is 1. The molecule has 31 heavy (non-hydrogen) atoms. The second-order valence-electron chi connectivity index (χ2n) is 10.4. The predicted molar refractivity (Wildman–Crippen MR) is 117 cm³/mol. The fourth-order valence-electron chi connectivity index (χ4n) is 7.58. The van der Waals surface area contributed by atoms with Crippen molar-refractivity contribution < 1.29 is 28.1 Å². The molecule has 4 rings (SSSR count). The molecule has 0 bridgehead atoms. The molecule has 0 saturated heterocycles. The molecule has 3 fully saturated rings. The first-order chi connectivity index (χ1) is 14.6. The zero-order valence-corrected chi connectivity index (χ0v) is 20.0. The van der Waals surface area contributed by atoms with Gasteiger partial charge in [-0.15, -0.1) is 0 Å². The summed E-state index contributed by atoms with van der Waals surface area (Å²) < 4.78 is 20.4. The number of nitrogens with zero attached hydrogens (tertiary/aromatic N) is 1. The summed E-state index contributed by atoms with van der Waals surface area (Å²) in [5.74, 6) is 2.70. The van der Waals surface area contributed by atoms with Crippen LogP contribution in [-0.4, -0.2) is 30.3 Å². The highest BCUT2D eigenvalue weighted by molar-refractivity contribution is 7.47. The van der Waals surface area contributed by atoms with Crippen molar-refractivity contribution in [3.8, 4) is 0 Å². The van der Waals surface area contributed by atoms with Crippen LogP contribution in [0.25, 0.3) is 0 Å². The smallest absolute Gasteiger partial charge is 0.367 e. The van der Waals surface area contributed by atoms with Crippen LogP contribution in [0.3, 0.4) is 0 Å². The molecule has 4 aliphatic rings. The topological polar surface area (TPSA) is 94.4 Å². The van der Waals surface area contributed by atoms with Gasteiger partial charge >= 0.3 is 7.82 Å². The number of allylic oxidation sites excluding steroid dienone is 1. The van der Waals surface area contributed by atoms with E-state index in [9.17, 15) is 14.3 Å². The largest absolute Gasteiger partial charge is 0.474 e. The molecule has 1 N–H and O–H groups in total. The standard InChI is InChI=1S/C23H36NO6P/c1-15(24-29-14-30-31(26,27)28-4)19-7-8-20-18-6-5-16-13-17(25)9-11-22(16,2)21(18)10-12-23(19,20)3/h13,18-21H,5-12,14H2,1-4H3,(H,26,27)/b24-15-/t18-,19+,20-,21-,22-,23+/m0/s1. The molecule has 0 spiro atoms. The molecule has 0 amide bonds. The molecule has 0 radical (unpaired) electrons. The molecule has 7 nitrogen and oxygen atoms in total. The average Bonchev–Trinajstić information content (AvgIpc) is 3.09. The first-order valence-corrected chi connectivity index (χ1v) is 13.0. The third-order valence-corrected chi connectivity index (χ3v) is 10.1. The lowest BCUT2D eigenvalue weighted by Crippen LogP contribution is -2.51. The van der Waals surface area contributed by atoms with E-state index in [1.54, 1.807) is 0 Å². The fourth-order valence-corrected chi connectivity index (χ4v) is 7.87. The molecule has 3 saturated carbocycles. The lowest BCUT2D eigenvalue weighted by atomic mass is 9.46. The maximum absolute atomic E-state index is 12.0. The molecule has 7 atom stereocenters. The van der Waals surface area contributed by atoms with E-state index < -0.39 is 14.6 Å². The van der Waals surface area contributed by atoms with Crippen molar-refractivity contribution in [2.45, 2.75) is 72.1 Å². The highest BCUT2D eigenvalue weighted by atomic mass is 31.2. The van der Waals surface area contributed by atoms with Crippen LogP contribution in [0, 0.1) is 34.5 Å². The van der Waals surface area contributed by atoms with E-state index in [1.807, 2.05) is 13.0 Å². The molecule has 0 aromatic rings. The molecule has 1 unspecified atom stereocenters. The molecule has 0 aromatic carbocycles. The van der Waals surface area contributed by atoms with Crippen molar-refractivity contribution in [2.75, 3.05) is 13.9 Å². The van der Waals surface area contributed by atoms with Gasteiger partial charge in [-0.25, -0.2) is 9.09 Å². The normalized spacial score (nSPS) is 42.2. The van der Waals surface area contributed by atoms with Crippen LogP contribution in [0.1, 0.15) is 72.1 Å². The van der Waals surface area contributed by atoms with Gasteiger partial charge in [0.15, 0.2) is 5.78 Å². The number of carbonyl (C=O) groups excluding carboxylic acids is 1. The van der Waals surface area contributed by atoms with Crippen molar-refractivity contribution in [3.05, 3.63) is 11.6 Å². The van der Waals surface area contributed by atoms with Crippen molar-refractivity contribution in [1.82, 2.24) is 0 Å². The molecule has 0 heterocycles. The lowest BCUT2D eigenvalue weighted by Gasteiger charge is -2.58. The number of ketones is 1. The van der Waals surface area contributed by atoms with Crippen LogP contribution in [0.4, 0.5) is 0 Å². The van der Waals surface area contributed by atoms with Crippen LogP contribution in [0.2, 0.25) is 0 Å². The Labute approximate surface area is 185 Å². The Balaban J connectivity index is 1.46. The molecular weight excluding hydrogens is 417 g/mol. The third-order valence-electron chi connectivity index (χ3n) is 9.17. The van der Waals surface area contributed by atoms with Crippen molar-refractivity contribution in [1.29, 1.82) is 0 Å². The zero-order valence-electron chi connectivity index (χ0n) is 19.1. The highest BCUT2D eigenvalue weighted by Crippen LogP contribution is 2.66. The van der Waals surface area contributed by atoms with E-state index >= 15 is 0 Å². The number of oxime groups is 1. The van der Waals surface area contributed by atoms with E-state index in [1.165, 1.54) is 31.3 Å². The maximum Gasteiger partial charge on any atom is 0.474 e. The summed E-state index contributed by atoms with van der Waals surface area (Å²) in [6, 6.07) is 0. The minimum Gasteiger partial charge on any atom is -0.367 e. The Morgan fingerprint density at radius 1 is 1.19 bits per heavy atom. The van der Waals surface area contributed by atoms with Crippen molar-refractivity contribution in [2.24, 2.45) is 39.7 Å². The number of hydrogen-bond acceptors (Lipinski definition) is 6. The number of carbonyl (C=O) groups is 1. The Morgan fingerprint density at radius 3 is 2.71 bits per heavy atom. The van der Waals surface area contributed by atoms with E-state index in [-0.39, 0.29) is 10.8 Å². The van der Waals surface area contributed by atoms with Gasteiger partial charge in [-0.3, -0.25) is 9.32 Å². The first kappa shape index (κ1) is 23.2. The Bertz CT molecular complexity index is 840. The molecule has 4 aliphatic carbocycles. The van der Waals surface area contributed by atoms with E-state index in [4.69, 9.17) is 9.36 Å². The van der Waals surface area contributed by atoms with Gasteiger partial charge in [0.2, 0.25) is 6.79 Å². The monoisotopic (exact) mass is 453 g/mol. The molecule has 0 aromatic heterocycles. The van der Waals surface area contributed by atoms with Crippen LogP contribution in [0.15, 0.2) is 16.8 Å². The summed E-state index contributed by atoms with van der Waals surface area (Å²) in [6.07, 6.45) is 10.6. The Hall–Kier alpha value is -1.01. The second-order valence-corrected chi connectivity index (χ2v) is 12.0. The fraction of sp³-hybridized carbons (Fsp3) is 0.826. The maximum atomic E-state index is 12.0. The molecule has 8 heteroatoms. The van der Waals surface area contributed by atoms with Crippen LogP contribution in [0.5, 0.6) is 0 Å². The van der Waals surface area contributed by atoms with Crippen molar-refractivity contribution >= 4 is 19.3 Å². The summed E-state index contributed by atoms with van der Waals surface area (Å²) in [6.45, 7) is 6.42. The summed E-state index contributed by atoms with van der Waals surface area (Å²) in [5.41, 5.74) is 2.73. The summed E-state index contributed by atoms with van der Waals surface area (Å²) in [4.78, 5) is 26.5. The van der Waals surface area contributed by atoms with Gasteiger partial charge in [-0.1, -0.05) is 24.6 Å². The SMILES string of the molecule is COP(=O)(O)OCO/N=C(/C)[C@H]1CC[C@H]2[C@@H]3CCC4=CC(=O)CC[C@]4(C)[C@H]3CC[C@]12C. The molecular formula is C23H36NO6P. The number of hydrogen-bond donors (Lipinski definition) is 1. The number of rotatable bonds is 6. The zero-order chi connectivity index (χ0) is 22.4.